The van der Waals surface area contributed by atoms with E-state index in [0.717, 1.165) is 11.8 Å². The van der Waals surface area contributed by atoms with Crippen LogP contribution < -0.4 is 20.3 Å². The van der Waals surface area contributed by atoms with E-state index in [0.29, 0.717) is 35.3 Å². The number of hydrogen-bond donors (Lipinski definition) is 2. The van der Waals surface area contributed by atoms with Crippen molar-refractivity contribution >= 4 is 17.5 Å². The highest BCUT2D eigenvalue weighted by atomic mass is 16.5. The lowest BCUT2D eigenvalue weighted by atomic mass is 10.0. The molecule has 7 nitrogen and oxygen atoms in total. The van der Waals surface area contributed by atoms with Gasteiger partial charge in [-0.3, -0.25) is 0 Å². The number of methoxy groups -OCH3 is 1. The summed E-state index contributed by atoms with van der Waals surface area (Å²) in [6.07, 6.45) is 5.49. The predicted molar refractivity (Wildman–Crippen MR) is 86.7 cm³/mol. The van der Waals surface area contributed by atoms with Gasteiger partial charge in [0.05, 0.1) is 7.11 Å². The second-order valence-electron chi connectivity index (χ2n) is 7.09. The maximum atomic E-state index is 12.4. The second-order valence-corrected chi connectivity index (χ2v) is 7.09. The molecule has 1 heterocycles. The van der Waals surface area contributed by atoms with E-state index in [9.17, 15) is 4.79 Å². The monoisotopic (exact) mass is 317 g/mol. The topological polar surface area (TPSA) is 79.4 Å². The number of fused-ring (bicyclic) bond motifs is 5. The zero-order valence-electron chi connectivity index (χ0n) is 13.7. The molecule has 0 aromatic carbocycles. The Morgan fingerprint density at radius 3 is 2.57 bits per heavy atom. The molecule has 4 unspecified atom stereocenters. The molecule has 2 amide bonds. The van der Waals surface area contributed by atoms with Crippen molar-refractivity contribution < 1.29 is 9.53 Å². The number of aromatic nitrogens is 2. The molecule has 0 saturated heterocycles. The number of urea groups is 1. The molecule has 0 aliphatic heterocycles. The molecule has 4 rings (SSSR count). The Morgan fingerprint density at radius 1 is 1.26 bits per heavy atom. The fraction of sp³-hybridized carbons (Fsp3) is 0.688. The Bertz CT molecular complexity index is 619. The summed E-state index contributed by atoms with van der Waals surface area (Å²) >= 11 is 0. The Morgan fingerprint density at radius 2 is 1.96 bits per heavy atom. The maximum Gasteiger partial charge on any atom is 0.319 e. The molecule has 0 radical (unpaired) electrons. The summed E-state index contributed by atoms with van der Waals surface area (Å²) in [6.45, 7) is 0. The van der Waals surface area contributed by atoms with E-state index in [1.165, 1.54) is 32.7 Å². The van der Waals surface area contributed by atoms with Gasteiger partial charge < -0.3 is 20.3 Å². The molecule has 3 aliphatic carbocycles. The third-order valence-corrected chi connectivity index (χ3v) is 5.68. The fourth-order valence-corrected chi connectivity index (χ4v) is 4.78. The van der Waals surface area contributed by atoms with E-state index < -0.39 is 0 Å². The molecular formula is C16H23N5O2. The fourth-order valence-electron chi connectivity index (χ4n) is 4.78. The third-order valence-electron chi connectivity index (χ3n) is 5.68. The molecule has 4 atom stereocenters. The highest BCUT2D eigenvalue weighted by Crippen LogP contribution is 2.65. The Kier molecular flexibility index (Phi) is 3.32. The zero-order valence-corrected chi connectivity index (χ0v) is 13.7. The first kappa shape index (κ1) is 14.5. The van der Waals surface area contributed by atoms with E-state index >= 15 is 0 Å². The normalized spacial score (nSPS) is 33.1. The Labute approximate surface area is 135 Å². The number of nitrogens with zero attached hydrogens (tertiary/aromatic N) is 3. The van der Waals surface area contributed by atoms with E-state index in [2.05, 4.69) is 20.6 Å². The highest BCUT2D eigenvalue weighted by Gasteiger charge is 2.65. The third kappa shape index (κ3) is 2.29. The van der Waals surface area contributed by atoms with E-state index in [1.54, 1.807) is 0 Å². The van der Waals surface area contributed by atoms with Gasteiger partial charge in [-0.25, -0.2) is 9.78 Å². The lowest BCUT2D eigenvalue weighted by molar-refractivity contribution is 0.249. The van der Waals surface area contributed by atoms with Crippen LogP contribution >= 0.6 is 0 Å². The molecule has 2 N–H and O–H groups in total. The summed E-state index contributed by atoms with van der Waals surface area (Å²) in [4.78, 5) is 22.5. The number of amides is 2. The lowest BCUT2D eigenvalue weighted by Gasteiger charge is -2.18. The number of ether oxygens (including phenoxy) is 1. The van der Waals surface area contributed by atoms with Crippen molar-refractivity contribution in [2.75, 3.05) is 31.4 Å². The van der Waals surface area contributed by atoms with Gasteiger partial charge in [0.25, 0.3) is 0 Å². The zero-order chi connectivity index (χ0) is 16.1. The minimum Gasteiger partial charge on any atom is -0.479 e. The first-order chi connectivity index (χ1) is 11.1. The van der Waals surface area contributed by atoms with Crippen LogP contribution in [0, 0.1) is 23.7 Å². The predicted octanol–water partition coefficient (Wildman–Crippen LogP) is 1.72. The van der Waals surface area contributed by atoms with Crippen LogP contribution in [-0.4, -0.2) is 43.2 Å². The standard InChI is InChI=1S/C16H23N5O2/c1-21(2)14-13(15(23-3)18-7-17-14)20-16(22)19-12-10-8-4-5-9(6-8)11(10)12/h7-12H,4-6H2,1-3H3,(H2,19,20,22). The Balaban J connectivity index is 1.45. The number of hydrogen-bond acceptors (Lipinski definition) is 5. The van der Waals surface area contributed by atoms with E-state index in [4.69, 9.17) is 4.74 Å². The van der Waals surface area contributed by atoms with E-state index in [1.807, 2.05) is 19.0 Å². The summed E-state index contributed by atoms with van der Waals surface area (Å²) in [5.74, 6) is 4.09. The second kappa shape index (κ2) is 5.25. The van der Waals surface area contributed by atoms with Crippen LogP contribution in [0.3, 0.4) is 0 Å². The summed E-state index contributed by atoms with van der Waals surface area (Å²) in [6, 6.07) is 0.152. The van der Waals surface area contributed by atoms with Crippen LogP contribution in [0.5, 0.6) is 5.88 Å². The van der Waals surface area contributed by atoms with Crippen LogP contribution in [0.25, 0.3) is 0 Å². The lowest BCUT2D eigenvalue weighted by Crippen LogP contribution is -2.34. The molecule has 3 fully saturated rings. The Hall–Kier alpha value is -2.05. The first-order valence-corrected chi connectivity index (χ1v) is 8.24. The van der Waals surface area contributed by atoms with Crippen LogP contribution in [0.1, 0.15) is 19.3 Å². The van der Waals surface area contributed by atoms with Crippen molar-refractivity contribution in [1.82, 2.24) is 15.3 Å². The summed E-state index contributed by atoms with van der Waals surface area (Å²) in [5, 5.41) is 6.02. The smallest absolute Gasteiger partial charge is 0.319 e. The van der Waals surface area contributed by atoms with E-state index in [-0.39, 0.29) is 6.03 Å². The van der Waals surface area contributed by atoms with Crippen LogP contribution in [0.15, 0.2) is 6.33 Å². The molecule has 1 aromatic heterocycles. The SMILES string of the molecule is COc1ncnc(N(C)C)c1NC(=O)NC1C2C3CCC(C3)C12. The maximum absolute atomic E-state index is 12.4. The van der Waals surface area contributed by atoms with Gasteiger partial charge in [0.2, 0.25) is 5.88 Å². The van der Waals surface area contributed by atoms with Crippen molar-refractivity contribution in [2.24, 2.45) is 23.7 Å². The molecule has 2 bridgehead atoms. The largest absolute Gasteiger partial charge is 0.479 e. The van der Waals surface area contributed by atoms with Gasteiger partial charge in [-0.15, -0.1) is 0 Å². The quantitative estimate of drug-likeness (QED) is 0.884. The van der Waals surface area contributed by atoms with Gasteiger partial charge in [-0.05, 0) is 42.9 Å². The molecule has 0 spiro atoms. The first-order valence-electron chi connectivity index (χ1n) is 8.24. The van der Waals surface area contributed by atoms with Gasteiger partial charge in [0.15, 0.2) is 5.82 Å². The van der Waals surface area contributed by atoms with Crippen molar-refractivity contribution in [2.45, 2.75) is 25.3 Å². The molecule has 124 valence electrons. The number of nitrogens with one attached hydrogen (secondary N) is 2. The van der Waals surface area contributed by atoms with Crippen molar-refractivity contribution in [3.8, 4) is 5.88 Å². The van der Waals surface area contributed by atoms with Gasteiger partial charge in [-0.2, -0.15) is 4.98 Å². The molecule has 3 saturated carbocycles. The van der Waals surface area contributed by atoms with Gasteiger partial charge in [0.1, 0.15) is 12.0 Å². The summed E-state index contributed by atoms with van der Waals surface area (Å²) < 4.78 is 5.26. The van der Waals surface area contributed by atoms with Crippen LogP contribution in [0.2, 0.25) is 0 Å². The minimum absolute atomic E-state index is 0.194. The molecule has 3 aliphatic rings. The van der Waals surface area contributed by atoms with Crippen molar-refractivity contribution in [3.05, 3.63) is 6.33 Å². The molecule has 1 aromatic rings. The average Bonchev–Trinajstić information content (AvgIpc) is 2.92. The number of anilines is 2. The number of rotatable bonds is 4. The van der Waals surface area contributed by atoms with Gasteiger partial charge in [0, 0.05) is 20.1 Å². The number of carbonyl (C=O) groups excluding carboxylic acids is 1. The molecule has 23 heavy (non-hydrogen) atoms. The van der Waals surface area contributed by atoms with Crippen molar-refractivity contribution in [3.63, 3.8) is 0 Å². The summed E-state index contributed by atoms with van der Waals surface area (Å²) in [5.41, 5.74) is 0.506. The molecular weight excluding hydrogens is 294 g/mol. The van der Waals surface area contributed by atoms with Gasteiger partial charge >= 0.3 is 6.03 Å². The summed E-state index contributed by atoms with van der Waals surface area (Å²) in [7, 11) is 5.27. The van der Waals surface area contributed by atoms with Crippen LogP contribution in [0.4, 0.5) is 16.3 Å². The minimum atomic E-state index is -0.194. The number of carbonyl (C=O) groups is 1. The van der Waals surface area contributed by atoms with Crippen LogP contribution in [-0.2, 0) is 0 Å². The van der Waals surface area contributed by atoms with Gasteiger partial charge in [-0.1, -0.05) is 0 Å². The molecule has 7 heteroatoms. The average molecular weight is 317 g/mol. The highest BCUT2D eigenvalue weighted by molar-refractivity contribution is 5.94. The van der Waals surface area contributed by atoms with Crippen molar-refractivity contribution in [1.29, 1.82) is 0 Å².